The molecule has 2 rings (SSSR count). The Morgan fingerprint density at radius 1 is 1.67 bits per heavy atom. The van der Waals surface area contributed by atoms with Crippen molar-refractivity contribution in [1.29, 1.82) is 5.26 Å². The molecule has 0 spiro atoms. The van der Waals surface area contributed by atoms with Crippen molar-refractivity contribution in [3.05, 3.63) is 15.6 Å². The van der Waals surface area contributed by atoms with Crippen molar-refractivity contribution in [3.8, 4) is 6.07 Å². The number of nitriles is 1. The van der Waals surface area contributed by atoms with Crippen LogP contribution in [0, 0.1) is 11.3 Å². The Morgan fingerprint density at radius 2 is 2.42 bits per heavy atom. The van der Waals surface area contributed by atoms with Gasteiger partial charge in [-0.2, -0.15) is 5.26 Å². The third-order valence-corrected chi connectivity index (χ3v) is 3.19. The monoisotopic (exact) mass is 178 g/mol. The molecule has 0 aromatic carbocycles. The molecule has 62 valence electrons. The molecule has 3 heteroatoms. The Kier molecular flexibility index (Phi) is 1.86. The predicted octanol–water partition coefficient (Wildman–Crippen LogP) is 2.45. The van der Waals surface area contributed by atoms with E-state index in [1.54, 1.807) is 11.3 Å². The Bertz CT molecular complexity index is 331. The minimum Gasteiger partial charge on any atom is -0.245 e. The molecule has 1 fully saturated rings. The molecule has 0 bridgehead atoms. The van der Waals surface area contributed by atoms with Gasteiger partial charge in [0.1, 0.15) is 10.9 Å². The fourth-order valence-electron chi connectivity index (χ4n) is 1.24. The maximum atomic E-state index is 8.82. The molecule has 0 aliphatic heterocycles. The van der Waals surface area contributed by atoms with Crippen LogP contribution < -0.4 is 0 Å². The molecule has 1 aliphatic rings. The maximum absolute atomic E-state index is 8.82. The number of rotatable bonds is 2. The summed E-state index contributed by atoms with van der Waals surface area (Å²) in [6.07, 6.45) is 3.40. The van der Waals surface area contributed by atoms with Gasteiger partial charge in [0, 0.05) is 5.92 Å². The lowest BCUT2D eigenvalue weighted by Gasteiger charge is -1.87. The van der Waals surface area contributed by atoms with Gasteiger partial charge in [0.2, 0.25) is 0 Å². The van der Waals surface area contributed by atoms with Crippen molar-refractivity contribution in [2.45, 2.75) is 32.1 Å². The average molecular weight is 178 g/mol. The summed E-state index contributed by atoms with van der Waals surface area (Å²) < 4.78 is 0. The fourth-order valence-corrected chi connectivity index (χ4v) is 2.13. The summed E-state index contributed by atoms with van der Waals surface area (Å²) >= 11 is 1.56. The van der Waals surface area contributed by atoms with E-state index in [0.29, 0.717) is 5.92 Å². The van der Waals surface area contributed by atoms with E-state index in [0.717, 1.165) is 22.0 Å². The lowest BCUT2D eigenvalue weighted by atomic mass is 10.2. The van der Waals surface area contributed by atoms with Crippen LogP contribution in [0.1, 0.15) is 41.3 Å². The van der Waals surface area contributed by atoms with Crippen molar-refractivity contribution in [3.63, 3.8) is 0 Å². The Morgan fingerprint density at radius 3 is 2.92 bits per heavy atom. The van der Waals surface area contributed by atoms with E-state index in [-0.39, 0.29) is 0 Å². The van der Waals surface area contributed by atoms with Crippen LogP contribution in [0.4, 0.5) is 0 Å². The highest BCUT2D eigenvalue weighted by molar-refractivity contribution is 7.12. The Hall–Kier alpha value is -0.880. The summed E-state index contributed by atoms with van der Waals surface area (Å²) in [6.45, 7) is 2.08. The minimum absolute atomic E-state index is 0.608. The Labute approximate surface area is 75.9 Å². The van der Waals surface area contributed by atoms with Crippen LogP contribution in [0.5, 0.6) is 0 Å². The first-order chi connectivity index (χ1) is 5.85. The van der Waals surface area contributed by atoms with E-state index in [1.165, 1.54) is 12.8 Å². The summed E-state index contributed by atoms with van der Waals surface area (Å²) in [5.74, 6) is 0.608. The highest BCUT2D eigenvalue weighted by Gasteiger charge is 2.29. The molecule has 1 aliphatic carbocycles. The number of thiazole rings is 1. The summed E-state index contributed by atoms with van der Waals surface area (Å²) in [5.41, 5.74) is 1.07. The van der Waals surface area contributed by atoms with Crippen molar-refractivity contribution in [2.24, 2.45) is 0 Å². The lowest BCUT2D eigenvalue weighted by molar-refractivity contribution is 0.989. The third kappa shape index (κ3) is 1.23. The number of aryl methyl sites for hydroxylation is 1. The minimum atomic E-state index is 0.608. The van der Waals surface area contributed by atoms with E-state index in [1.807, 2.05) is 0 Å². The van der Waals surface area contributed by atoms with Crippen LogP contribution in [0.3, 0.4) is 0 Å². The second kappa shape index (κ2) is 2.87. The number of hydrogen-bond acceptors (Lipinski definition) is 3. The third-order valence-electron chi connectivity index (χ3n) is 2.07. The van der Waals surface area contributed by atoms with Crippen molar-refractivity contribution >= 4 is 11.3 Å². The molecule has 0 saturated heterocycles. The first-order valence-corrected chi connectivity index (χ1v) is 5.06. The van der Waals surface area contributed by atoms with Gasteiger partial charge in [0.25, 0.3) is 0 Å². The number of nitrogens with zero attached hydrogens (tertiary/aromatic N) is 2. The van der Waals surface area contributed by atoms with Gasteiger partial charge in [0.15, 0.2) is 0 Å². The topological polar surface area (TPSA) is 36.7 Å². The Balaban J connectivity index is 2.38. The van der Waals surface area contributed by atoms with Gasteiger partial charge >= 0.3 is 0 Å². The summed E-state index contributed by atoms with van der Waals surface area (Å²) in [6, 6.07) is 2.23. The smallest absolute Gasteiger partial charge is 0.128 e. The molecule has 1 heterocycles. The molecule has 1 aromatic heterocycles. The maximum Gasteiger partial charge on any atom is 0.128 e. The van der Waals surface area contributed by atoms with E-state index in [9.17, 15) is 0 Å². The van der Waals surface area contributed by atoms with Crippen molar-refractivity contribution in [2.75, 3.05) is 0 Å². The second-order valence-electron chi connectivity index (χ2n) is 3.06. The highest BCUT2D eigenvalue weighted by Crippen LogP contribution is 2.42. The van der Waals surface area contributed by atoms with Crippen LogP contribution in [0.25, 0.3) is 0 Å². The van der Waals surface area contributed by atoms with Gasteiger partial charge in [-0.3, -0.25) is 0 Å². The molecule has 0 N–H and O–H groups in total. The fraction of sp³-hybridized carbons (Fsp3) is 0.556. The predicted molar refractivity (Wildman–Crippen MR) is 48.2 cm³/mol. The van der Waals surface area contributed by atoms with Crippen LogP contribution in [-0.2, 0) is 6.42 Å². The summed E-state index contributed by atoms with van der Waals surface area (Å²) in [7, 11) is 0. The summed E-state index contributed by atoms with van der Waals surface area (Å²) in [5, 5.41) is 9.93. The van der Waals surface area contributed by atoms with Crippen LogP contribution in [0.15, 0.2) is 0 Å². The molecule has 1 aromatic rings. The summed E-state index contributed by atoms with van der Waals surface area (Å²) in [4.78, 5) is 5.30. The van der Waals surface area contributed by atoms with Gasteiger partial charge < -0.3 is 0 Å². The quantitative estimate of drug-likeness (QED) is 0.697. The second-order valence-corrected chi connectivity index (χ2v) is 4.15. The number of hydrogen-bond donors (Lipinski definition) is 0. The van der Waals surface area contributed by atoms with Gasteiger partial charge in [-0.15, -0.1) is 11.3 Å². The number of aromatic nitrogens is 1. The van der Waals surface area contributed by atoms with Crippen LogP contribution in [0.2, 0.25) is 0 Å². The van der Waals surface area contributed by atoms with E-state index in [2.05, 4.69) is 18.0 Å². The average Bonchev–Trinajstić information content (AvgIpc) is 2.85. The largest absolute Gasteiger partial charge is 0.245 e. The first-order valence-electron chi connectivity index (χ1n) is 4.24. The molecular formula is C9H10N2S. The lowest BCUT2D eigenvalue weighted by Crippen LogP contribution is -1.83. The zero-order valence-corrected chi connectivity index (χ0v) is 7.82. The van der Waals surface area contributed by atoms with Crippen molar-refractivity contribution in [1.82, 2.24) is 4.98 Å². The van der Waals surface area contributed by atoms with Crippen LogP contribution >= 0.6 is 11.3 Å². The normalized spacial score (nSPS) is 16.0. The zero-order valence-electron chi connectivity index (χ0n) is 7.00. The molecule has 12 heavy (non-hydrogen) atoms. The highest BCUT2D eigenvalue weighted by atomic mass is 32.1. The van der Waals surface area contributed by atoms with E-state index in [4.69, 9.17) is 5.26 Å². The molecule has 0 atom stereocenters. The molecule has 1 saturated carbocycles. The van der Waals surface area contributed by atoms with Gasteiger partial charge in [0.05, 0.1) is 10.7 Å². The van der Waals surface area contributed by atoms with Crippen LogP contribution in [-0.4, -0.2) is 4.98 Å². The van der Waals surface area contributed by atoms with Gasteiger partial charge in [-0.05, 0) is 19.3 Å². The SMILES string of the molecule is CCc1nc(C2CC2)c(C#N)s1. The molecule has 2 nitrogen and oxygen atoms in total. The molecule has 0 unspecified atom stereocenters. The van der Waals surface area contributed by atoms with Gasteiger partial charge in [-0.25, -0.2) is 4.98 Å². The van der Waals surface area contributed by atoms with E-state index >= 15 is 0 Å². The molecule has 0 radical (unpaired) electrons. The molecule has 0 amide bonds. The zero-order chi connectivity index (χ0) is 8.55. The standard InChI is InChI=1S/C9H10N2S/c1-2-8-11-9(6-3-4-6)7(5-10)12-8/h6H,2-4H2,1H3. The van der Waals surface area contributed by atoms with E-state index < -0.39 is 0 Å². The first kappa shape index (κ1) is 7.75. The van der Waals surface area contributed by atoms with Gasteiger partial charge in [-0.1, -0.05) is 6.92 Å². The van der Waals surface area contributed by atoms with Crippen molar-refractivity contribution < 1.29 is 0 Å². The molecular weight excluding hydrogens is 168 g/mol.